The third-order valence-corrected chi connectivity index (χ3v) is 4.68. The van der Waals surface area contributed by atoms with Crippen molar-refractivity contribution in [1.82, 2.24) is 9.55 Å². The topological polar surface area (TPSA) is 27.1 Å². The molecule has 0 radical (unpaired) electrons. The van der Waals surface area contributed by atoms with Crippen LogP contribution in [0.15, 0.2) is 42.7 Å². The third-order valence-electron chi connectivity index (χ3n) is 4.68. The first-order valence-electron chi connectivity index (χ1n) is 8.51. The molecule has 1 aliphatic heterocycles. The van der Waals surface area contributed by atoms with E-state index in [2.05, 4.69) is 66.9 Å². The zero-order chi connectivity index (χ0) is 16.7. The van der Waals surface area contributed by atoms with E-state index >= 15 is 0 Å². The lowest BCUT2D eigenvalue weighted by molar-refractivity contribution is 0.288. The average Bonchev–Trinajstić information content (AvgIpc) is 3.02. The predicted octanol–water partition coefficient (Wildman–Crippen LogP) is 4.79. The highest BCUT2D eigenvalue weighted by Gasteiger charge is 2.16. The quantitative estimate of drug-likeness (QED) is 0.679. The molecule has 24 heavy (non-hydrogen) atoms. The first kappa shape index (κ1) is 15.0. The van der Waals surface area contributed by atoms with Crippen LogP contribution in [0.2, 0.25) is 0 Å². The first-order chi connectivity index (χ1) is 11.6. The van der Waals surface area contributed by atoms with Gasteiger partial charge < -0.3 is 4.74 Å². The van der Waals surface area contributed by atoms with Gasteiger partial charge in [-0.15, -0.1) is 0 Å². The molecule has 0 saturated carbocycles. The van der Waals surface area contributed by atoms with Gasteiger partial charge in [-0.1, -0.05) is 17.7 Å². The van der Waals surface area contributed by atoms with E-state index in [0.29, 0.717) is 0 Å². The molecule has 0 saturated heterocycles. The lowest BCUT2D eigenvalue weighted by atomic mass is 10.0. The van der Waals surface area contributed by atoms with E-state index in [0.717, 1.165) is 36.6 Å². The Kier molecular flexibility index (Phi) is 3.64. The summed E-state index contributed by atoms with van der Waals surface area (Å²) >= 11 is 0. The first-order valence-corrected chi connectivity index (χ1v) is 8.51. The fraction of sp³-hybridized carbons (Fsp3) is 0.286. The number of ether oxygens (including phenoxy) is 1. The molecular formula is C21H22N2O. The minimum Gasteiger partial charge on any atom is -0.493 e. The second-order valence-corrected chi connectivity index (χ2v) is 6.64. The molecule has 0 atom stereocenters. The fourth-order valence-electron chi connectivity index (χ4n) is 3.75. The highest BCUT2D eigenvalue weighted by molar-refractivity contribution is 5.64. The Morgan fingerprint density at radius 1 is 1.04 bits per heavy atom. The van der Waals surface area contributed by atoms with Crippen molar-refractivity contribution in [2.75, 3.05) is 6.61 Å². The van der Waals surface area contributed by atoms with Crippen LogP contribution in [0.1, 0.15) is 28.7 Å². The summed E-state index contributed by atoms with van der Waals surface area (Å²) in [5.74, 6) is 2.00. The van der Waals surface area contributed by atoms with Gasteiger partial charge in [0.1, 0.15) is 11.6 Å². The van der Waals surface area contributed by atoms with Crippen molar-refractivity contribution >= 4 is 0 Å². The van der Waals surface area contributed by atoms with E-state index in [-0.39, 0.29) is 0 Å². The summed E-state index contributed by atoms with van der Waals surface area (Å²) in [6.07, 6.45) is 6.09. The lowest BCUT2D eigenvalue weighted by Crippen LogP contribution is -2.08. The van der Waals surface area contributed by atoms with Crippen molar-refractivity contribution in [1.29, 1.82) is 0 Å². The van der Waals surface area contributed by atoms with E-state index in [1.807, 2.05) is 6.20 Å². The molecule has 0 N–H and O–H groups in total. The number of fused-ring (bicyclic) bond motifs is 1. The van der Waals surface area contributed by atoms with Gasteiger partial charge in [0.05, 0.1) is 12.3 Å². The Morgan fingerprint density at radius 3 is 2.62 bits per heavy atom. The Balaban J connectivity index is 1.84. The maximum atomic E-state index is 5.73. The smallest absolute Gasteiger partial charge is 0.144 e. The third kappa shape index (κ3) is 2.50. The molecule has 122 valence electrons. The van der Waals surface area contributed by atoms with Gasteiger partial charge in [0.2, 0.25) is 0 Å². The van der Waals surface area contributed by atoms with E-state index < -0.39 is 0 Å². The zero-order valence-electron chi connectivity index (χ0n) is 14.5. The molecule has 3 aromatic rings. The van der Waals surface area contributed by atoms with Crippen LogP contribution in [0.25, 0.3) is 17.1 Å². The van der Waals surface area contributed by atoms with Gasteiger partial charge in [0.15, 0.2) is 0 Å². The lowest BCUT2D eigenvalue weighted by Gasteiger charge is -2.19. The van der Waals surface area contributed by atoms with Gasteiger partial charge in [0, 0.05) is 18.0 Å². The second-order valence-electron chi connectivity index (χ2n) is 6.64. The van der Waals surface area contributed by atoms with E-state index in [1.165, 1.54) is 27.9 Å². The summed E-state index contributed by atoms with van der Waals surface area (Å²) in [7, 11) is 0. The van der Waals surface area contributed by atoms with Crippen LogP contribution >= 0.6 is 0 Å². The molecule has 0 bridgehead atoms. The van der Waals surface area contributed by atoms with Crippen molar-refractivity contribution in [3.8, 4) is 22.8 Å². The summed E-state index contributed by atoms with van der Waals surface area (Å²) in [6, 6.07) is 10.9. The summed E-state index contributed by atoms with van der Waals surface area (Å²) < 4.78 is 7.94. The number of aromatic nitrogens is 2. The van der Waals surface area contributed by atoms with Crippen LogP contribution in [-0.4, -0.2) is 16.2 Å². The maximum Gasteiger partial charge on any atom is 0.144 e. The molecule has 1 aromatic heterocycles. The van der Waals surface area contributed by atoms with Gasteiger partial charge in [-0.05, 0) is 68.5 Å². The predicted molar refractivity (Wildman–Crippen MR) is 97.0 cm³/mol. The molecule has 0 spiro atoms. The summed E-state index contributed by atoms with van der Waals surface area (Å²) in [5, 5.41) is 0. The van der Waals surface area contributed by atoms with Crippen molar-refractivity contribution in [3.63, 3.8) is 0 Å². The number of nitrogens with zero attached hydrogens (tertiary/aromatic N) is 2. The van der Waals surface area contributed by atoms with Gasteiger partial charge >= 0.3 is 0 Å². The standard InChI is InChI=1S/C21H22N2O/c1-14-11-15(2)20(16(3)12-14)23-9-8-22-21(23)18-6-7-19-17(13-18)5-4-10-24-19/h6-9,11-13H,4-5,10H2,1-3H3. The highest BCUT2D eigenvalue weighted by Crippen LogP contribution is 2.31. The molecule has 0 fully saturated rings. The SMILES string of the molecule is Cc1cc(C)c(-n2ccnc2-c2ccc3c(c2)CCCO3)c(C)c1. The van der Waals surface area contributed by atoms with Crippen molar-refractivity contribution in [3.05, 3.63) is 65.0 Å². The van der Waals surface area contributed by atoms with Crippen LogP contribution in [0, 0.1) is 20.8 Å². The van der Waals surface area contributed by atoms with Crippen LogP contribution in [-0.2, 0) is 6.42 Å². The van der Waals surface area contributed by atoms with Gasteiger partial charge in [-0.25, -0.2) is 4.98 Å². The Hall–Kier alpha value is -2.55. The number of hydrogen-bond acceptors (Lipinski definition) is 2. The molecule has 1 aliphatic rings. The Bertz CT molecular complexity index is 885. The second kappa shape index (κ2) is 5.82. The maximum absolute atomic E-state index is 5.73. The number of hydrogen-bond donors (Lipinski definition) is 0. The van der Waals surface area contributed by atoms with Crippen LogP contribution in [0.3, 0.4) is 0 Å². The molecule has 2 aromatic carbocycles. The molecule has 0 unspecified atom stereocenters. The minimum absolute atomic E-state index is 0.822. The molecule has 0 aliphatic carbocycles. The van der Waals surface area contributed by atoms with E-state index in [1.54, 1.807) is 0 Å². The fourth-order valence-corrected chi connectivity index (χ4v) is 3.75. The van der Waals surface area contributed by atoms with Crippen molar-refractivity contribution < 1.29 is 4.74 Å². The van der Waals surface area contributed by atoms with Crippen LogP contribution in [0.5, 0.6) is 5.75 Å². The number of benzene rings is 2. The summed E-state index contributed by atoms with van der Waals surface area (Å²) in [4.78, 5) is 4.64. The number of imidazole rings is 1. The molecular weight excluding hydrogens is 296 g/mol. The molecule has 3 heteroatoms. The van der Waals surface area contributed by atoms with Gasteiger partial charge in [-0.3, -0.25) is 4.57 Å². The Morgan fingerprint density at radius 2 is 1.83 bits per heavy atom. The van der Waals surface area contributed by atoms with Crippen molar-refractivity contribution in [2.45, 2.75) is 33.6 Å². The Labute approximate surface area is 142 Å². The van der Waals surface area contributed by atoms with Crippen LogP contribution < -0.4 is 4.74 Å². The normalized spacial score (nSPS) is 13.5. The molecule has 0 amide bonds. The van der Waals surface area contributed by atoms with E-state index in [4.69, 9.17) is 4.74 Å². The van der Waals surface area contributed by atoms with Crippen LogP contribution in [0.4, 0.5) is 0 Å². The molecule has 4 rings (SSSR count). The van der Waals surface area contributed by atoms with Crippen molar-refractivity contribution in [2.24, 2.45) is 0 Å². The largest absolute Gasteiger partial charge is 0.493 e. The monoisotopic (exact) mass is 318 g/mol. The van der Waals surface area contributed by atoms with Gasteiger partial charge in [0.25, 0.3) is 0 Å². The minimum atomic E-state index is 0.822. The zero-order valence-corrected chi connectivity index (χ0v) is 14.5. The summed E-state index contributed by atoms with van der Waals surface area (Å²) in [5.41, 5.74) is 7.48. The van der Waals surface area contributed by atoms with Gasteiger partial charge in [-0.2, -0.15) is 0 Å². The molecule has 3 nitrogen and oxygen atoms in total. The molecule has 2 heterocycles. The number of rotatable bonds is 2. The average molecular weight is 318 g/mol. The summed E-state index contributed by atoms with van der Waals surface area (Å²) in [6.45, 7) is 7.30. The number of aryl methyl sites for hydroxylation is 4. The van der Waals surface area contributed by atoms with E-state index in [9.17, 15) is 0 Å². The highest BCUT2D eigenvalue weighted by atomic mass is 16.5.